The van der Waals surface area contributed by atoms with E-state index in [2.05, 4.69) is 31.0 Å². The van der Waals surface area contributed by atoms with Gasteiger partial charge in [-0.15, -0.1) is 0 Å². The molecule has 1 unspecified atom stereocenters. The van der Waals surface area contributed by atoms with Crippen LogP contribution in [0.2, 0.25) is 0 Å². The molecule has 1 N–H and O–H groups in total. The normalized spacial score (nSPS) is 28.4. The molecule has 2 bridgehead atoms. The molecule has 0 spiro atoms. The molecule has 20 heavy (non-hydrogen) atoms. The van der Waals surface area contributed by atoms with Gasteiger partial charge >= 0.3 is 0 Å². The molecule has 3 heterocycles. The van der Waals surface area contributed by atoms with Crippen molar-refractivity contribution in [1.29, 1.82) is 0 Å². The van der Waals surface area contributed by atoms with E-state index in [-0.39, 0.29) is 10.6 Å². The maximum Gasteiger partial charge on any atom is 0.270 e. The van der Waals surface area contributed by atoms with Crippen molar-refractivity contribution in [2.75, 3.05) is 44.6 Å². The molecule has 0 aromatic heterocycles. The molecule has 0 radical (unpaired) electrons. The zero-order valence-corrected chi connectivity index (χ0v) is 12.7. The molecule has 3 aliphatic heterocycles. The van der Waals surface area contributed by atoms with Gasteiger partial charge in [-0.3, -0.25) is 19.9 Å². The van der Waals surface area contributed by atoms with E-state index >= 15 is 0 Å². The molecule has 1 aromatic carbocycles. The summed E-state index contributed by atoms with van der Waals surface area (Å²) in [5.41, 5.74) is 1.02. The van der Waals surface area contributed by atoms with Crippen LogP contribution in [0, 0.1) is 10.1 Å². The average Bonchev–Trinajstić information content (AvgIpc) is 2.47. The van der Waals surface area contributed by atoms with Gasteiger partial charge in [-0.25, -0.2) is 0 Å². The summed E-state index contributed by atoms with van der Waals surface area (Å²) in [6.07, 6.45) is 0. The second-order valence-electron chi connectivity index (χ2n) is 5.29. The Morgan fingerprint density at radius 2 is 2.10 bits per heavy atom. The van der Waals surface area contributed by atoms with Crippen molar-refractivity contribution in [3.63, 3.8) is 0 Å². The van der Waals surface area contributed by atoms with Gasteiger partial charge in [0.15, 0.2) is 0 Å². The molecule has 4 rings (SSSR count). The van der Waals surface area contributed by atoms with Crippen molar-refractivity contribution >= 4 is 27.3 Å². The monoisotopic (exact) mass is 340 g/mol. The van der Waals surface area contributed by atoms with Gasteiger partial charge < -0.3 is 5.32 Å². The van der Waals surface area contributed by atoms with Gasteiger partial charge in [-0.1, -0.05) is 0 Å². The van der Waals surface area contributed by atoms with Crippen LogP contribution in [-0.2, 0) is 0 Å². The van der Waals surface area contributed by atoms with Gasteiger partial charge in [-0.2, -0.15) is 0 Å². The Bertz CT molecular complexity index is 517. The first-order valence-electron chi connectivity index (χ1n) is 6.78. The van der Waals surface area contributed by atoms with Crippen LogP contribution in [0.4, 0.5) is 11.4 Å². The summed E-state index contributed by atoms with van der Waals surface area (Å²) in [6, 6.07) is 5.36. The van der Waals surface area contributed by atoms with Gasteiger partial charge in [-0.05, 0) is 22.0 Å². The number of non-ortho nitro benzene ring substituents is 1. The Kier molecular flexibility index (Phi) is 3.91. The standard InChI is InChI=1S/C13H17BrN4O2/c14-12-7-10(18(19)20)1-2-13(12)15-8-11-9-16-3-5-17(11)6-4-16/h1-2,7,11,15H,3-6,8-9H2. The minimum atomic E-state index is -0.381. The lowest BCUT2D eigenvalue weighted by Crippen LogP contribution is -2.62. The molecule has 0 amide bonds. The third-order valence-electron chi connectivity index (χ3n) is 4.08. The maximum absolute atomic E-state index is 10.7. The summed E-state index contributed by atoms with van der Waals surface area (Å²) >= 11 is 3.39. The molecule has 7 heteroatoms. The predicted molar refractivity (Wildman–Crippen MR) is 81.1 cm³/mol. The number of piperazine rings is 3. The topological polar surface area (TPSA) is 61.7 Å². The molecule has 3 saturated heterocycles. The Labute approximate surface area is 126 Å². The lowest BCUT2D eigenvalue weighted by molar-refractivity contribution is -0.384. The number of benzene rings is 1. The Morgan fingerprint density at radius 1 is 1.35 bits per heavy atom. The zero-order chi connectivity index (χ0) is 14.1. The number of halogens is 1. The van der Waals surface area contributed by atoms with Crippen molar-refractivity contribution in [3.8, 4) is 0 Å². The van der Waals surface area contributed by atoms with Gasteiger partial charge in [0.25, 0.3) is 5.69 Å². The number of anilines is 1. The Hall–Kier alpha value is -1.18. The molecule has 6 nitrogen and oxygen atoms in total. The summed E-state index contributed by atoms with van der Waals surface area (Å²) in [6.45, 7) is 6.63. The average molecular weight is 341 g/mol. The highest BCUT2D eigenvalue weighted by Crippen LogP contribution is 2.27. The molecule has 0 aliphatic carbocycles. The zero-order valence-electron chi connectivity index (χ0n) is 11.1. The summed E-state index contributed by atoms with van der Waals surface area (Å²) < 4.78 is 0.739. The number of rotatable bonds is 4. The van der Waals surface area contributed by atoms with Crippen LogP contribution in [0.25, 0.3) is 0 Å². The summed E-state index contributed by atoms with van der Waals surface area (Å²) in [5.74, 6) is 0. The van der Waals surface area contributed by atoms with Gasteiger partial charge in [0.05, 0.1) is 4.92 Å². The molecule has 108 valence electrons. The van der Waals surface area contributed by atoms with E-state index in [0.29, 0.717) is 6.04 Å². The lowest BCUT2D eigenvalue weighted by Gasteiger charge is -2.47. The second kappa shape index (κ2) is 5.67. The highest BCUT2D eigenvalue weighted by molar-refractivity contribution is 9.10. The van der Waals surface area contributed by atoms with Gasteiger partial charge in [0.2, 0.25) is 0 Å². The predicted octanol–water partition coefficient (Wildman–Crippen LogP) is 1.77. The van der Waals surface area contributed by atoms with Gasteiger partial charge in [0, 0.05) is 67.6 Å². The molecule has 1 atom stereocenters. The van der Waals surface area contributed by atoms with Crippen LogP contribution >= 0.6 is 15.9 Å². The number of nitro groups is 1. The number of nitrogens with zero attached hydrogens (tertiary/aromatic N) is 3. The molecular formula is C13H17BrN4O2. The summed E-state index contributed by atoms with van der Waals surface area (Å²) in [4.78, 5) is 15.3. The fourth-order valence-corrected chi connectivity index (χ4v) is 3.41. The third-order valence-corrected chi connectivity index (χ3v) is 4.74. The fraction of sp³-hybridized carbons (Fsp3) is 0.538. The number of nitrogens with one attached hydrogen (secondary N) is 1. The Morgan fingerprint density at radius 3 is 2.65 bits per heavy atom. The quantitative estimate of drug-likeness (QED) is 0.668. The van der Waals surface area contributed by atoms with Crippen LogP contribution in [0.5, 0.6) is 0 Å². The fourth-order valence-electron chi connectivity index (χ4n) is 2.91. The van der Waals surface area contributed by atoms with Gasteiger partial charge in [0.1, 0.15) is 0 Å². The lowest BCUT2D eigenvalue weighted by atomic mass is 10.1. The first kappa shape index (κ1) is 13.8. The molecule has 3 aliphatic rings. The Balaban J connectivity index is 1.62. The highest BCUT2D eigenvalue weighted by Gasteiger charge is 2.31. The van der Waals surface area contributed by atoms with E-state index in [0.717, 1.165) is 36.3 Å². The van der Waals surface area contributed by atoms with Crippen molar-refractivity contribution in [1.82, 2.24) is 9.80 Å². The number of hydrogen-bond donors (Lipinski definition) is 1. The van der Waals surface area contributed by atoms with Crippen molar-refractivity contribution in [3.05, 3.63) is 32.8 Å². The smallest absolute Gasteiger partial charge is 0.270 e. The van der Waals surface area contributed by atoms with Crippen molar-refractivity contribution in [2.24, 2.45) is 0 Å². The molecular weight excluding hydrogens is 324 g/mol. The van der Waals surface area contributed by atoms with Crippen LogP contribution in [0.3, 0.4) is 0 Å². The summed E-state index contributed by atoms with van der Waals surface area (Å²) in [5, 5.41) is 14.1. The van der Waals surface area contributed by atoms with E-state index in [1.54, 1.807) is 12.1 Å². The van der Waals surface area contributed by atoms with E-state index < -0.39 is 0 Å². The minimum Gasteiger partial charge on any atom is -0.383 e. The molecule has 3 fully saturated rings. The van der Waals surface area contributed by atoms with Crippen molar-refractivity contribution < 1.29 is 4.92 Å². The van der Waals surface area contributed by atoms with Crippen LogP contribution in [0.15, 0.2) is 22.7 Å². The minimum absolute atomic E-state index is 0.106. The second-order valence-corrected chi connectivity index (χ2v) is 6.15. The number of fused-ring (bicyclic) bond motifs is 3. The van der Waals surface area contributed by atoms with E-state index in [4.69, 9.17) is 0 Å². The van der Waals surface area contributed by atoms with E-state index in [1.807, 2.05) is 0 Å². The maximum atomic E-state index is 10.7. The third kappa shape index (κ3) is 2.79. The largest absolute Gasteiger partial charge is 0.383 e. The first-order chi connectivity index (χ1) is 9.63. The van der Waals surface area contributed by atoms with E-state index in [9.17, 15) is 10.1 Å². The van der Waals surface area contributed by atoms with Crippen LogP contribution in [-0.4, -0.2) is 60.0 Å². The first-order valence-corrected chi connectivity index (χ1v) is 7.57. The van der Waals surface area contributed by atoms with E-state index in [1.165, 1.54) is 19.2 Å². The molecule has 0 saturated carbocycles. The SMILES string of the molecule is O=[N+]([O-])c1ccc(NCC2CN3CCN2CC3)c(Br)c1. The molecule has 1 aromatic rings. The van der Waals surface area contributed by atoms with Crippen LogP contribution < -0.4 is 5.32 Å². The summed E-state index contributed by atoms with van der Waals surface area (Å²) in [7, 11) is 0. The number of hydrogen-bond acceptors (Lipinski definition) is 5. The van der Waals surface area contributed by atoms with Crippen molar-refractivity contribution in [2.45, 2.75) is 6.04 Å². The van der Waals surface area contributed by atoms with Crippen LogP contribution in [0.1, 0.15) is 0 Å². The highest BCUT2D eigenvalue weighted by atomic mass is 79.9. The number of nitro benzene ring substituents is 1.